The number of nitrogens with one attached hydrogen (secondary N) is 1. The Morgan fingerprint density at radius 2 is 2.70 bits per heavy atom. The summed E-state index contributed by atoms with van der Waals surface area (Å²) in [4.78, 5) is 0. The molecular weight excluding hydrogens is 132 g/mol. The average Bonchev–Trinajstić information content (AvgIpc) is 2.13. The number of aliphatic hydroxyl groups excluding tert-OH is 1. The Hall–Kier alpha value is -0.770. The maximum Gasteiger partial charge on any atom is 0.202 e. The standard InChI is InChI=1S/C6H12N2O2/c1-5-8-7-3-2-6(4-9)10-5/h6-7,9H,2-4H2,1H3. The number of nitrogens with zero attached hydrogens (tertiary/aromatic N) is 1. The minimum Gasteiger partial charge on any atom is -0.474 e. The number of ether oxygens (including phenoxy) is 1. The van der Waals surface area contributed by atoms with Gasteiger partial charge in [0.1, 0.15) is 6.10 Å². The van der Waals surface area contributed by atoms with Crippen LogP contribution in [0, 0.1) is 0 Å². The first-order chi connectivity index (χ1) is 4.83. The smallest absolute Gasteiger partial charge is 0.202 e. The van der Waals surface area contributed by atoms with E-state index in [4.69, 9.17) is 9.84 Å². The molecule has 1 rings (SSSR count). The first-order valence-corrected chi connectivity index (χ1v) is 3.37. The van der Waals surface area contributed by atoms with Crippen LogP contribution in [0.25, 0.3) is 0 Å². The zero-order valence-electron chi connectivity index (χ0n) is 6.00. The number of hydrogen-bond acceptors (Lipinski definition) is 4. The second-order valence-electron chi connectivity index (χ2n) is 2.25. The molecule has 0 saturated heterocycles. The molecule has 0 aliphatic carbocycles. The fourth-order valence-corrected chi connectivity index (χ4v) is 0.848. The van der Waals surface area contributed by atoms with E-state index in [1.54, 1.807) is 6.92 Å². The molecule has 2 N–H and O–H groups in total. The first kappa shape index (κ1) is 7.34. The zero-order valence-corrected chi connectivity index (χ0v) is 6.00. The van der Waals surface area contributed by atoms with Gasteiger partial charge in [-0.3, -0.25) is 0 Å². The van der Waals surface area contributed by atoms with Gasteiger partial charge in [0.15, 0.2) is 0 Å². The lowest BCUT2D eigenvalue weighted by atomic mass is 10.3. The molecule has 0 fully saturated rings. The van der Waals surface area contributed by atoms with Gasteiger partial charge in [-0.15, -0.1) is 5.10 Å². The summed E-state index contributed by atoms with van der Waals surface area (Å²) in [6, 6.07) is 0. The highest BCUT2D eigenvalue weighted by Gasteiger charge is 2.11. The van der Waals surface area contributed by atoms with Crippen molar-refractivity contribution in [2.75, 3.05) is 13.2 Å². The van der Waals surface area contributed by atoms with Crippen LogP contribution in [-0.4, -0.2) is 30.3 Å². The van der Waals surface area contributed by atoms with Gasteiger partial charge in [-0.2, -0.15) is 0 Å². The van der Waals surface area contributed by atoms with E-state index >= 15 is 0 Å². The normalized spacial score (nSPS) is 25.8. The van der Waals surface area contributed by atoms with Gasteiger partial charge in [0.2, 0.25) is 5.90 Å². The van der Waals surface area contributed by atoms with E-state index in [0.717, 1.165) is 13.0 Å². The highest BCUT2D eigenvalue weighted by atomic mass is 16.5. The lowest BCUT2D eigenvalue weighted by Gasteiger charge is -2.11. The molecule has 1 aliphatic rings. The molecule has 0 saturated carbocycles. The van der Waals surface area contributed by atoms with Crippen LogP contribution in [0.1, 0.15) is 13.3 Å². The lowest BCUT2D eigenvalue weighted by Crippen LogP contribution is -2.20. The Kier molecular flexibility index (Phi) is 2.50. The van der Waals surface area contributed by atoms with Crippen molar-refractivity contribution in [1.82, 2.24) is 5.43 Å². The second-order valence-corrected chi connectivity index (χ2v) is 2.25. The monoisotopic (exact) mass is 144 g/mol. The summed E-state index contributed by atoms with van der Waals surface area (Å²) in [7, 11) is 0. The fourth-order valence-electron chi connectivity index (χ4n) is 0.848. The molecule has 1 heterocycles. The fraction of sp³-hybridized carbons (Fsp3) is 0.833. The summed E-state index contributed by atoms with van der Waals surface area (Å²) in [5.74, 6) is 0.594. The van der Waals surface area contributed by atoms with Gasteiger partial charge in [-0.1, -0.05) is 0 Å². The number of hydrogen-bond donors (Lipinski definition) is 2. The lowest BCUT2D eigenvalue weighted by molar-refractivity contribution is 0.103. The summed E-state index contributed by atoms with van der Waals surface area (Å²) in [5.41, 5.74) is 2.81. The largest absolute Gasteiger partial charge is 0.474 e. The van der Waals surface area contributed by atoms with E-state index in [-0.39, 0.29) is 12.7 Å². The minimum atomic E-state index is -0.0845. The molecule has 10 heavy (non-hydrogen) atoms. The minimum absolute atomic E-state index is 0.0640. The maximum atomic E-state index is 8.73. The van der Waals surface area contributed by atoms with Gasteiger partial charge < -0.3 is 15.3 Å². The second kappa shape index (κ2) is 3.41. The Labute approximate surface area is 59.9 Å². The molecule has 0 bridgehead atoms. The van der Waals surface area contributed by atoms with E-state index < -0.39 is 0 Å². The van der Waals surface area contributed by atoms with Crippen LogP contribution in [0.4, 0.5) is 0 Å². The number of hydrazone groups is 1. The number of rotatable bonds is 1. The van der Waals surface area contributed by atoms with Crippen LogP contribution in [0.15, 0.2) is 5.10 Å². The van der Waals surface area contributed by atoms with Crippen molar-refractivity contribution >= 4 is 5.90 Å². The summed E-state index contributed by atoms with van der Waals surface area (Å²) in [5, 5.41) is 12.6. The predicted molar refractivity (Wildman–Crippen MR) is 37.7 cm³/mol. The van der Waals surface area contributed by atoms with Crippen LogP contribution < -0.4 is 5.43 Å². The van der Waals surface area contributed by atoms with Crippen molar-refractivity contribution < 1.29 is 9.84 Å². The first-order valence-electron chi connectivity index (χ1n) is 3.37. The summed E-state index contributed by atoms with van der Waals surface area (Å²) in [6.45, 7) is 2.60. The Bertz CT molecular complexity index is 136. The zero-order chi connectivity index (χ0) is 7.40. The van der Waals surface area contributed by atoms with E-state index in [1.165, 1.54) is 0 Å². The van der Waals surface area contributed by atoms with Gasteiger partial charge in [0.25, 0.3) is 0 Å². The highest BCUT2D eigenvalue weighted by Crippen LogP contribution is 2.00. The van der Waals surface area contributed by atoms with Gasteiger partial charge >= 0.3 is 0 Å². The van der Waals surface area contributed by atoms with Gasteiger partial charge in [0.05, 0.1) is 6.61 Å². The van der Waals surface area contributed by atoms with Crippen molar-refractivity contribution in [2.24, 2.45) is 5.10 Å². The van der Waals surface area contributed by atoms with E-state index in [9.17, 15) is 0 Å². The molecule has 1 atom stereocenters. The molecule has 1 aliphatic heterocycles. The Balaban J connectivity index is 2.43. The van der Waals surface area contributed by atoms with E-state index in [1.807, 2.05) is 0 Å². The maximum absolute atomic E-state index is 8.73. The average molecular weight is 144 g/mol. The molecule has 1 unspecified atom stereocenters. The molecule has 58 valence electrons. The molecule has 0 aromatic rings. The third-order valence-electron chi connectivity index (χ3n) is 1.36. The van der Waals surface area contributed by atoms with Crippen LogP contribution in [0.2, 0.25) is 0 Å². The molecule has 0 aromatic carbocycles. The molecule has 4 heteroatoms. The Morgan fingerprint density at radius 1 is 1.90 bits per heavy atom. The quantitative estimate of drug-likeness (QED) is 0.531. The molecule has 0 spiro atoms. The summed E-state index contributed by atoms with van der Waals surface area (Å²) >= 11 is 0. The molecule has 0 radical (unpaired) electrons. The van der Waals surface area contributed by atoms with E-state index in [0.29, 0.717) is 5.90 Å². The van der Waals surface area contributed by atoms with Crippen molar-refractivity contribution in [1.29, 1.82) is 0 Å². The topological polar surface area (TPSA) is 53.9 Å². The molecule has 4 nitrogen and oxygen atoms in total. The molecule has 0 aromatic heterocycles. The van der Waals surface area contributed by atoms with Crippen molar-refractivity contribution in [3.8, 4) is 0 Å². The molecular formula is C6H12N2O2. The summed E-state index contributed by atoms with van der Waals surface area (Å²) in [6.07, 6.45) is 0.718. The Morgan fingerprint density at radius 3 is 3.40 bits per heavy atom. The SMILES string of the molecule is CC1=NNCCC(CO)O1. The van der Waals surface area contributed by atoms with Gasteiger partial charge in [0, 0.05) is 19.9 Å². The van der Waals surface area contributed by atoms with E-state index in [2.05, 4.69) is 10.5 Å². The third kappa shape index (κ3) is 1.88. The highest BCUT2D eigenvalue weighted by molar-refractivity contribution is 5.73. The molecule has 0 amide bonds. The van der Waals surface area contributed by atoms with Crippen molar-refractivity contribution in [3.63, 3.8) is 0 Å². The van der Waals surface area contributed by atoms with Gasteiger partial charge in [-0.05, 0) is 0 Å². The third-order valence-corrected chi connectivity index (χ3v) is 1.36. The van der Waals surface area contributed by atoms with Crippen LogP contribution >= 0.6 is 0 Å². The van der Waals surface area contributed by atoms with Crippen LogP contribution in [-0.2, 0) is 4.74 Å². The van der Waals surface area contributed by atoms with Crippen molar-refractivity contribution in [2.45, 2.75) is 19.4 Å². The summed E-state index contributed by atoms with van der Waals surface area (Å²) < 4.78 is 5.20. The number of aliphatic hydroxyl groups is 1. The van der Waals surface area contributed by atoms with Crippen LogP contribution in [0.3, 0.4) is 0 Å². The predicted octanol–water partition coefficient (Wildman–Crippen LogP) is -0.309. The van der Waals surface area contributed by atoms with Crippen LogP contribution in [0.5, 0.6) is 0 Å². The van der Waals surface area contributed by atoms with Gasteiger partial charge in [-0.25, -0.2) is 0 Å². The van der Waals surface area contributed by atoms with Crippen molar-refractivity contribution in [3.05, 3.63) is 0 Å².